The molecule has 6 heteroatoms. The van der Waals surface area contributed by atoms with E-state index < -0.39 is 5.97 Å². The molecular weight excluding hydrogens is 214 g/mol. The van der Waals surface area contributed by atoms with Gasteiger partial charge in [0.05, 0.1) is 0 Å². The van der Waals surface area contributed by atoms with Crippen LogP contribution in [0.25, 0.3) is 0 Å². The van der Waals surface area contributed by atoms with E-state index in [1.165, 1.54) is 11.3 Å². The Bertz CT molecular complexity index is 328. The summed E-state index contributed by atoms with van der Waals surface area (Å²) < 4.78 is 0. The molecule has 1 aliphatic rings. The number of aromatic nitrogens is 2. The molecule has 0 aromatic carbocycles. The average molecular weight is 227 g/mol. The number of anilines is 1. The zero-order valence-corrected chi connectivity index (χ0v) is 9.11. The highest BCUT2D eigenvalue weighted by atomic mass is 32.1. The van der Waals surface area contributed by atoms with E-state index in [0.717, 1.165) is 31.1 Å². The maximum Gasteiger partial charge on any atom is 0.303 e. The van der Waals surface area contributed by atoms with E-state index in [9.17, 15) is 4.79 Å². The summed E-state index contributed by atoms with van der Waals surface area (Å²) in [5.41, 5.74) is 1.70. The van der Waals surface area contributed by atoms with Crippen LogP contribution in [0.2, 0.25) is 0 Å². The Labute approximate surface area is 91.7 Å². The fraction of sp³-hybridized carbons (Fsp3) is 0.667. The molecular formula is C9H13N3O2S. The molecule has 0 bridgehead atoms. The molecule has 1 saturated heterocycles. The smallest absolute Gasteiger partial charge is 0.303 e. The minimum Gasteiger partial charge on any atom is -0.481 e. The van der Waals surface area contributed by atoms with Gasteiger partial charge >= 0.3 is 5.97 Å². The van der Waals surface area contributed by atoms with Crippen molar-refractivity contribution in [2.45, 2.75) is 19.3 Å². The maximum absolute atomic E-state index is 10.6. The third-order valence-corrected chi connectivity index (χ3v) is 3.35. The SMILES string of the molecule is O=C(O)CC1CCCN(c2nncs2)C1. The topological polar surface area (TPSA) is 66.3 Å². The van der Waals surface area contributed by atoms with Crippen LogP contribution in [0, 0.1) is 5.92 Å². The first-order valence-electron chi connectivity index (χ1n) is 4.98. The van der Waals surface area contributed by atoms with Crippen LogP contribution in [0.1, 0.15) is 19.3 Å². The average Bonchev–Trinajstić information content (AvgIpc) is 2.69. The van der Waals surface area contributed by atoms with Crippen molar-refractivity contribution in [2.24, 2.45) is 5.92 Å². The minimum atomic E-state index is -0.709. The summed E-state index contributed by atoms with van der Waals surface area (Å²) in [6.45, 7) is 1.76. The standard InChI is InChI=1S/C9H13N3O2S/c13-8(14)4-7-2-1-3-12(5-7)9-11-10-6-15-9/h6-7H,1-5H2,(H,13,14). The number of hydrogen-bond acceptors (Lipinski definition) is 5. The van der Waals surface area contributed by atoms with E-state index in [4.69, 9.17) is 5.11 Å². The van der Waals surface area contributed by atoms with Gasteiger partial charge in [0.1, 0.15) is 5.51 Å². The Hall–Kier alpha value is -1.17. The van der Waals surface area contributed by atoms with Crippen molar-refractivity contribution in [3.05, 3.63) is 5.51 Å². The lowest BCUT2D eigenvalue weighted by Gasteiger charge is -2.31. The highest BCUT2D eigenvalue weighted by molar-refractivity contribution is 7.13. The van der Waals surface area contributed by atoms with E-state index in [1.54, 1.807) is 5.51 Å². The number of nitrogens with zero attached hydrogens (tertiary/aromatic N) is 3. The molecule has 2 heterocycles. The third-order valence-electron chi connectivity index (χ3n) is 2.60. The predicted octanol–water partition coefficient (Wildman–Crippen LogP) is 1.23. The first kappa shape index (κ1) is 10.4. The number of carboxylic acids is 1. The van der Waals surface area contributed by atoms with E-state index in [0.29, 0.717) is 0 Å². The third kappa shape index (κ3) is 2.65. The summed E-state index contributed by atoms with van der Waals surface area (Å²) in [5.74, 6) is -0.459. The molecule has 0 spiro atoms. The quantitative estimate of drug-likeness (QED) is 0.841. The van der Waals surface area contributed by atoms with E-state index in [-0.39, 0.29) is 12.3 Å². The molecule has 1 aromatic heterocycles. The summed E-state index contributed by atoms with van der Waals surface area (Å²) in [6, 6.07) is 0. The number of piperidine rings is 1. The van der Waals surface area contributed by atoms with Crippen LogP contribution in [-0.2, 0) is 4.79 Å². The van der Waals surface area contributed by atoms with E-state index in [2.05, 4.69) is 15.1 Å². The molecule has 0 radical (unpaired) electrons. The highest BCUT2D eigenvalue weighted by Gasteiger charge is 2.23. The van der Waals surface area contributed by atoms with Gasteiger partial charge in [-0.15, -0.1) is 10.2 Å². The van der Waals surface area contributed by atoms with Crippen LogP contribution in [0.5, 0.6) is 0 Å². The van der Waals surface area contributed by atoms with Gasteiger partial charge in [-0.1, -0.05) is 11.3 Å². The molecule has 1 unspecified atom stereocenters. The predicted molar refractivity (Wildman–Crippen MR) is 57.1 cm³/mol. The molecule has 2 rings (SSSR count). The van der Waals surface area contributed by atoms with Crippen LogP contribution >= 0.6 is 11.3 Å². The van der Waals surface area contributed by atoms with E-state index in [1.807, 2.05) is 0 Å². The lowest BCUT2D eigenvalue weighted by Crippen LogP contribution is -2.36. The fourth-order valence-electron chi connectivity index (χ4n) is 1.96. The highest BCUT2D eigenvalue weighted by Crippen LogP contribution is 2.25. The van der Waals surface area contributed by atoms with Crippen molar-refractivity contribution in [3.8, 4) is 0 Å². The second-order valence-electron chi connectivity index (χ2n) is 3.77. The Morgan fingerprint density at radius 1 is 1.73 bits per heavy atom. The first-order valence-corrected chi connectivity index (χ1v) is 5.86. The lowest BCUT2D eigenvalue weighted by atomic mass is 9.95. The zero-order chi connectivity index (χ0) is 10.7. The second kappa shape index (κ2) is 4.57. The monoisotopic (exact) mass is 227 g/mol. The van der Waals surface area contributed by atoms with Gasteiger partial charge < -0.3 is 10.0 Å². The Kier molecular flexibility index (Phi) is 3.15. The Morgan fingerprint density at radius 2 is 2.60 bits per heavy atom. The normalized spacial score (nSPS) is 21.6. The van der Waals surface area contributed by atoms with Crippen LogP contribution < -0.4 is 4.90 Å². The Morgan fingerprint density at radius 3 is 3.27 bits per heavy atom. The second-order valence-corrected chi connectivity index (χ2v) is 4.59. The number of hydrogen-bond donors (Lipinski definition) is 1. The number of aliphatic carboxylic acids is 1. The van der Waals surface area contributed by atoms with Gasteiger partial charge in [-0.25, -0.2) is 0 Å². The van der Waals surface area contributed by atoms with Gasteiger partial charge in [0, 0.05) is 19.5 Å². The molecule has 1 aliphatic heterocycles. The molecule has 1 N–H and O–H groups in total. The molecule has 1 fully saturated rings. The largest absolute Gasteiger partial charge is 0.481 e. The van der Waals surface area contributed by atoms with Crippen molar-refractivity contribution < 1.29 is 9.90 Å². The van der Waals surface area contributed by atoms with E-state index >= 15 is 0 Å². The number of rotatable bonds is 3. The summed E-state index contributed by atoms with van der Waals surface area (Å²) >= 11 is 1.51. The molecule has 0 saturated carbocycles. The summed E-state index contributed by atoms with van der Waals surface area (Å²) in [4.78, 5) is 12.8. The van der Waals surface area contributed by atoms with Gasteiger partial charge in [-0.3, -0.25) is 4.79 Å². The van der Waals surface area contributed by atoms with Crippen molar-refractivity contribution in [2.75, 3.05) is 18.0 Å². The van der Waals surface area contributed by atoms with Gasteiger partial charge in [-0.05, 0) is 18.8 Å². The summed E-state index contributed by atoms with van der Waals surface area (Å²) in [7, 11) is 0. The summed E-state index contributed by atoms with van der Waals surface area (Å²) in [6.07, 6.45) is 2.30. The molecule has 1 aromatic rings. The van der Waals surface area contributed by atoms with Crippen LogP contribution in [-0.4, -0.2) is 34.4 Å². The van der Waals surface area contributed by atoms with Gasteiger partial charge in [0.15, 0.2) is 0 Å². The lowest BCUT2D eigenvalue weighted by molar-refractivity contribution is -0.138. The van der Waals surface area contributed by atoms with Gasteiger partial charge in [0.25, 0.3) is 0 Å². The Balaban J connectivity index is 1.95. The van der Waals surface area contributed by atoms with Crippen LogP contribution in [0.15, 0.2) is 5.51 Å². The maximum atomic E-state index is 10.6. The van der Waals surface area contributed by atoms with Crippen LogP contribution in [0.3, 0.4) is 0 Å². The zero-order valence-electron chi connectivity index (χ0n) is 8.30. The molecule has 5 nitrogen and oxygen atoms in total. The summed E-state index contributed by atoms with van der Waals surface area (Å²) in [5, 5.41) is 17.4. The van der Waals surface area contributed by atoms with Crippen molar-refractivity contribution in [3.63, 3.8) is 0 Å². The molecule has 15 heavy (non-hydrogen) atoms. The van der Waals surface area contributed by atoms with Crippen LogP contribution in [0.4, 0.5) is 5.13 Å². The molecule has 0 aliphatic carbocycles. The van der Waals surface area contributed by atoms with Gasteiger partial charge in [0.2, 0.25) is 5.13 Å². The van der Waals surface area contributed by atoms with Gasteiger partial charge in [-0.2, -0.15) is 0 Å². The fourth-order valence-corrected chi connectivity index (χ4v) is 2.56. The van der Waals surface area contributed by atoms with Crippen molar-refractivity contribution in [1.82, 2.24) is 10.2 Å². The molecule has 1 atom stereocenters. The first-order chi connectivity index (χ1) is 7.25. The van der Waals surface area contributed by atoms with Crippen molar-refractivity contribution >= 4 is 22.4 Å². The minimum absolute atomic E-state index is 0.250. The molecule has 0 amide bonds. The number of carboxylic acid groups (broad SMARTS) is 1. The molecule has 82 valence electrons. The van der Waals surface area contributed by atoms with Crippen molar-refractivity contribution in [1.29, 1.82) is 0 Å². The number of carbonyl (C=O) groups is 1.